The Kier molecular flexibility index (Phi) is 5.78. The van der Waals surface area contributed by atoms with E-state index in [-0.39, 0.29) is 12.0 Å². The van der Waals surface area contributed by atoms with Crippen molar-refractivity contribution in [2.75, 3.05) is 19.7 Å². The largest absolute Gasteiger partial charge is 0.388 e. The molecule has 1 aliphatic heterocycles. The summed E-state index contributed by atoms with van der Waals surface area (Å²) in [6.07, 6.45) is 0.187. The molecule has 0 aliphatic carbocycles. The third-order valence-corrected chi connectivity index (χ3v) is 4.73. The number of likely N-dealkylation sites (tertiary alicyclic amines) is 1. The summed E-state index contributed by atoms with van der Waals surface area (Å²) >= 11 is 5.91. The van der Waals surface area contributed by atoms with Gasteiger partial charge in [-0.05, 0) is 43.2 Å². The number of aliphatic hydroxyl groups is 1. The molecule has 6 heteroatoms. The minimum Gasteiger partial charge on any atom is -0.388 e. The average Bonchev–Trinajstić information content (AvgIpc) is 3.21. The number of benzene rings is 1. The van der Waals surface area contributed by atoms with Crippen molar-refractivity contribution in [2.45, 2.75) is 32.0 Å². The number of amides is 1. The van der Waals surface area contributed by atoms with Crippen molar-refractivity contribution in [3.05, 3.63) is 47.1 Å². The Morgan fingerprint density at radius 2 is 2.04 bits per heavy atom. The van der Waals surface area contributed by atoms with Gasteiger partial charge in [-0.3, -0.25) is 4.79 Å². The van der Waals surface area contributed by atoms with Gasteiger partial charge < -0.3 is 19.7 Å². The molecule has 1 saturated heterocycles. The SMILES string of the molecule is CCO[C@H]1CN(C(=O)CCc2ccc(-c3ccc(Cl)cc3)[nH]2)C[C@@H]1O. The number of aromatic nitrogens is 1. The number of halogens is 1. The first kappa shape index (κ1) is 18.0. The molecule has 0 radical (unpaired) electrons. The molecule has 1 aliphatic rings. The Balaban J connectivity index is 1.54. The minimum atomic E-state index is -0.592. The second-order valence-electron chi connectivity index (χ2n) is 6.26. The van der Waals surface area contributed by atoms with Gasteiger partial charge >= 0.3 is 0 Å². The monoisotopic (exact) mass is 362 g/mol. The highest BCUT2D eigenvalue weighted by Gasteiger charge is 2.34. The van der Waals surface area contributed by atoms with E-state index in [1.54, 1.807) is 4.90 Å². The number of ether oxygens (including phenoxy) is 1. The molecule has 25 heavy (non-hydrogen) atoms. The highest BCUT2D eigenvalue weighted by atomic mass is 35.5. The molecule has 3 rings (SSSR count). The highest BCUT2D eigenvalue weighted by molar-refractivity contribution is 6.30. The lowest BCUT2D eigenvalue weighted by atomic mass is 10.2. The van der Waals surface area contributed by atoms with E-state index in [2.05, 4.69) is 4.98 Å². The lowest BCUT2D eigenvalue weighted by Crippen LogP contribution is -2.30. The number of aliphatic hydroxyl groups excluding tert-OH is 1. The number of carbonyl (C=O) groups excluding carboxylic acids is 1. The van der Waals surface area contributed by atoms with Crippen molar-refractivity contribution >= 4 is 17.5 Å². The summed E-state index contributed by atoms with van der Waals surface area (Å²) in [6, 6.07) is 11.6. The maximum absolute atomic E-state index is 12.4. The van der Waals surface area contributed by atoms with Crippen LogP contribution in [0.1, 0.15) is 19.0 Å². The van der Waals surface area contributed by atoms with Gasteiger partial charge in [0.25, 0.3) is 0 Å². The number of rotatable bonds is 6. The number of hydrogen-bond donors (Lipinski definition) is 2. The zero-order chi connectivity index (χ0) is 17.8. The summed E-state index contributed by atoms with van der Waals surface area (Å²) in [5.74, 6) is 0.0453. The number of nitrogens with zero attached hydrogens (tertiary/aromatic N) is 1. The lowest BCUT2D eigenvalue weighted by molar-refractivity contribution is -0.130. The molecule has 2 N–H and O–H groups in total. The Hall–Kier alpha value is -1.82. The van der Waals surface area contributed by atoms with Gasteiger partial charge in [-0.25, -0.2) is 0 Å². The van der Waals surface area contributed by atoms with Crippen molar-refractivity contribution in [3.63, 3.8) is 0 Å². The Morgan fingerprint density at radius 3 is 2.76 bits per heavy atom. The summed E-state index contributed by atoms with van der Waals surface area (Å²) in [5.41, 5.74) is 3.08. The fraction of sp³-hybridized carbons (Fsp3) is 0.421. The molecule has 2 atom stereocenters. The Labute approximate surface area is 152 Å². The summed E-state index contributed by atoms with van der Waals surface area (Å²) in [5, 5.41) is 10.6. The fourth-order valence-electron chi connectivity index (χ4n) is 3.12. The second kappa shape index (κ2) is 8.04. The van der Waals surface area contributed by atoms with E-state index in [4.69, 9.17) is 16.3 Å². The number of aryl methyl sites for hydroxylation is 1. The summed E-state index contributed by atoms with van der Waals surface area (Å²) in [4.78, 5) is 17.4. The van der Waals surface area contributed by atoms with Crippen LogP contribution in [0.3, 0.4) is 0 Å². The summed E-state index contributed by atoms with van der Waals surface area (Å²) in [7, 11) is 0. The van der Waals surface area contributed by atoms with Crippen molar-refractivity contribution in [1.82, 2.24) is 9.88 Å². The zero-order valence-electron chi connectivity index (χ0n) is 14.2. The Bertz CT molecular complexity index is 714. The highest BCUT2D eigenvalue weighted by Crippen LogP contribution is 2.22. The quantitative estimate of drug-likeness (QED) is 0.830. The number of β-amino-alcohol motifs (C(OH)–C–C–N with tert-alkyl or cyclic N) is 1. The number of nitrogens with one attached hydrogen (secondary N) is 1. The van der Waals surface area contributed by atoms with Gasteiger partial charge in [-0.15, -0.1) is 0 Å². The van der Waals surface area contributed by atoms with E-state index in [0.717, 1.165) is 17.0 Å². The fourth-order valence-corrected chi connectivity index (χ4v) is 3.25. The van der Waals surface area contributed by atoms with Crippen LogP contribution in [-0.2, 0) is 16.0 Å². The van der Waals surface area contributed by atoms with Gasteiger partial charge in [0.05, 0.1) is 6.10 Å². The van der Waals surface area contributed by atoms with Gasteiger partial charge in [0, 0.05) is 42.5 Å². The van der Waals surface area contributed by atoms with Gasteiger partial charge in [-0.2, -0.15) is 0 Å². The molecule has 0 saturated carbocycles. The number of carbonyl (C=O) groups is 1. The molecular formula is C19H23ClN2O3. The van der Waals surface area contributed by atoms with Gasteiger partial charge in [-0.1, -0.05) is 23.7 Å². The van der Waals surface area contributed by atoms with Crippen LogP contribution in [0.25, 0.3) is 11.3 Å². The molecule has 2 aromatic rings. The van der Waals surface area contributed by atoms with Crippen molar-refractivity contribution in [1.29, 1.82) is 0 Å². The van der Waals surface area contributed by atoms with E-state index in [9.17, 15) is 9.90 Å². The normalized spacial score (nSPS) is 20.2. The molecule has 1 amide bonds. The molecule has 2 heterocycles. The van der Waals surface area contributed by atoms with Crippen LogP contribution in [-0.4, -0.2) is 52.8 Å². The van der Waals surface area contributed by atoms with Crippen LogP contribution in [0.5, 0.6) is 0 Å². The van der Waals surface area contributed by atoms with Crippen molar-refractivity contribution in [3.8, 4) is 11.3 Å². The first-order valence-corrected chi connectivity index (χ1v) is 8.96. The molecule has 1 aromatic carbocycles. The third-order valence-electron chi connectivity index (χ3n) is 4.48. The first-order valence-electron chi connectivity index (χ1n) is 8.58. The number of aromatic amines is 1. The van der Waals surface area contributed by atoms with Crippen molar-refractivity contribution in [2.24, 2.45) is 0 Å². The number of hydrogen-bond acceptors (Lipinski definition) is 3. The summed E-state index contributed by atoms with van der Waals surface area (Å²) < 4.78 is 5.46. The molecule has 134 valence electrons. The molecule has 1 fully saturated rings. The molecule has 1 aromatic heterocycles. The van der Waals surface area contributed by atoms with E-state index in [0.29, 0.717) is 37.6 Å². The van der Waals surface area contributed by atoms with Crippen LogP contribution in [0.4, 0.5) is 0 Å². The molecule has 5 nitrogen and oxygen atoms in total. The maximum Gasteiger partial charge on any atom is 0.223 e. The second-order valence-corrected chi connectivity index (χ2v) is 6.70. The molecule has 0 unspecified atom stereocenters. The van der Waals surface area contributed by atoms with Gasteiger partial charge in [0.15, 0.2) is 0 Å². The lowest BCUT2D eigenvalue weighted by Gasteiger charge is -2.15. The molecular weight excluding hydrogens is 340 g/mol. The van der Waals surface area contributed by atoms with Gasteiger partial charge in [0.2, 0.25) is 5.91 Å². The van der Waals surface area contributed by atoms with E-state index < -0.39 is 6.10 Å². The third kappa shape index (κ3) is 4.42. The standard InChI is InChI=1S/C19H23ClN2O3/c1-2-25-18-12-22(11-17(18)23)19(24)10-8-15-7-9-16(21-15)13-3-5-14(20)6-4-13/h3-7,9,17-18,21,23H,2,8,10-12H2,1H3/t17-,18-/m0/s1. The van der Waals surface area contributed by atoms with E-state index in [1.165, 1.54) is 0 Å². The first-order chi connectivity index (χ1) is 12.1. The maximum atomic E-state index is 12.4. The summed E-state index contributed by atoms with van der Waals surface area (Å²) in [6.45, 7) is 3.25. The van der Waals surface area contributed by atoms with Crippen LogP contribution in [0.2, 0.25) is 5.02 Å². The smallest absolute Gasteiger partial charge is 0.223 e. The van der Waals surface area contributed by atoms with Crippen LogP contribution in [0, 0.1) is 0 Å². The average molecular weight is 363 g/mol. The zero-order valence-corrected chi connectivity index (χ0v) is 15.0. The van der Waals surface area contributed by atoms with Crippen LogP contribution < -0.4 is 0 Å². The molecule has 0 bridgehead atoms. The molecule has 0 spiro atoms. The van der Waals surface area contributed by atoms with Crippen molar-refractivity contribution < 1.29 is 14.6 Å². The number of H-pyrrole nitrogens is 1. The minimum absolute atomic E-state index is 0.0453. The van der Waals surface area contributed by atoms with E-state index in [1.807, 2.05) is 43.3 Å². The topological polar surface area (TPSA) is 65.6 Å². The van der Waals surface area contributed by atoms with E-state index >= 15 is 0 Å². The van der Waals surface area contributed by atoms with Crippen LogP contribution >= 0.6 is 11.6 Å². The van der Waals surface area contributed by atoms with Crippen LogP contribution in [0.15, 0.2) is 36.4 Å². The predicted octanol–water partition coefficient (Wildman–Crippen LogP) is 2.88. The Morgan fingerprint density at radius 1 is 1.28 bits per heavy atom. The predicted molar refractivity (Wildman–Crippen MR) is 97.6 cm³/mol. The van der Waals surface area contributed by atoms with Gasteiger partial charge in [0.1, 0.15) is 6.10 Å².